The molecule has 2 rings (SSSR count). The monoisotopic (exact) mass is 232 g/mol. The number of Topliss-reactive ketones (excluding diaryl/α,β-unsaturated/α-hetero) is 1. The number of hydrogen-bond acceptors (Lipinski definition) is 5. The average Bonchev–Trinajstić information content (AvgIpc) is 2.72. The quantitative estimate of drug-likeness (QED) is 0.756. The van der Waals surface area contributed by atoms with Crippen molar-refractivity contribution in [3.8, 4) is 5.75 Å². The highest BCUT2D eigenvalue weighted by molar-refractivity contribution is 5.94. The zero-order valence-electron chi connectivity index (χ0n) is 9.64. The molecule has 88 valence electrons. The Balaban J connectivity index is 2.07. The third-order valence-corrected chi connectivity index (χ3v) is 2.36. The Labute approximate surface area is 98.4 Å². The minimum absolute atomic E-state index is 0.00901. The average molecular weight is 232 g/mol. The molecule has 0 N–H and O–H groups in total. The summed E-state index contributed by atoms with van der Waals surface area (Å²) >= 11 is 0. The lowest BCUT2D eigenvalue weighted by atomic mass is 10.1. The molecule has 1 heterocycles. The molecule has 5 nitrogen and oxygen atoms in total. The molecule has 0 fully saturated rings. The lowest BCUT2D eigenvalue weighted by Gasteiger charge is -2.05. The summed E-state index contributed by atoms with van der Waals surface area (Å²) in [5.41, 5.74) is 1.98. The van der Waals surface area contributed by atoms with Gasteiger partial charge in [0.1, 0.15) is 23.7 Å². The molecule has 0 saturated heterocycles. The summed E-state index contributed by atoms with van der Waals surface area (Å²) < 4.78 is 10.1. The van der Waals surface area contributed by atoms with Gasteiger partial charge in [-0.1, -0.05) is 22.4 Å². The largest absolute Gasteiger partial charge is 0.487 e. The van der Waals surface area contributed by atoms with Crippen LogP contribution in [0.3, 0.4) is 0 Å². The summed E-state index contributed by atoms with van der Waals surface area (Å²) in [5, 5.41) is 7.36. The van der Waals surface area contributed by atoms with Crippen LogP contribution in [0.1, 0.15) is 28.7 Å². The molecule has 0 radical (unpaired) electrons. The number of aryl methyl sites for hydroxylation is 1. The van der Waals surface area contributed by atoms with Crippen molar-refractivity contribution in [1.82, 2.24) is 10.3 Å². The summed E-state index contributed by atoms with van der Waals surface area (Å²) in [6, 6.07) is 7.01. The van der Waals surface area contributed by atoms with E-state index in [1.54, 1.807) is 31.2 Å². The molecule has 1 aromatic carbocycles. The van der Waals surface area contributed by atoms with Crippen molar-refractivity contribution in [2.24, 2.45) is 0 Å². The van der Waals surface area contributed by atoms with E-state index in [0.717, 1.165) is 0 Å². The van der Waals surface area contributed by atoms with E-state index < -0.39 is 0 Å². The number of carbonyl (C=O) groups is 1. The first kappa shape index (κ1) is 11.3. The number of carbonyl (C=O) groups excluding carboxylic acids is 1. The van der Waals surface area contributed by atoms with E-state index in [9.17, 15) is 4.79 Å². The van der Waals surface area contributed by atoms with E-state index in [1.165, 1.54) is 6.92 Å². The third-order valence-electron chi connectivity index (χ3n) is 2.36. The lowest BCUT2D eigenvalue weighted by molar-refractivity contribution is 0.101. The van der Waals surface area contributed by atoms with Crippen molar-refractivity contribution in [1.29, 1.82) is 0 Å². The summed E-state index contributed by atoms with van der Waals surface area (Å²) in [6.07, 6.45) is 0. The van der Waals surface area contributed by atoms with Gasteiger partial charge in [0.25, 0.3) is 0 Å². The van der Waals surface area contributed by atoms with Crippen LogP contribution in [0.5, 0.6) is 5.75 Å². The smallest absolute Gasteiger partial charge is 0.159 e. The van der Waals surface area contributed by atoms with Crippen LogP contribution in [-0.2, 0) is 6.61 Å². The second-order valence-electron chi connectivity index (χ2n) is 3.67. The van der Waals surface area contributed by atoms with E-state index >= 15 is 0 Å². The molecule has 5 heteroatoms. The maximum absolute atomic E-state index is 11.2. The minimum atomic E-state index is 0.00901. The zero-order chi connectivity index (χ0) is 12.3. The summed E-state index contributed by atoms with van der Waals surface area (Å²) in [4.78, 5) is 11.2. The number of nitrogens with zero attached hydrogens (tertiary/aromatic N) is 2. The number of ketones is 1. The van der Waals surface area contributed by atoms with Gasteiger partial charge in [0.2, 0.25) is 0 Å². The highest BCUT2D eigenvalue weighted by Crippen LogP contribution is 2.15. The molecule has 0 saturated carbocycles. The Bertz CT molecular complexity index is 534. The van der Waals surface area contributed by atoms with E-state index in [0.29, 0.717) is 22.7 Å². The van der Waals surface area contributed by atoms with E-state index in [-0.39, 0.29) is 12.4 Å². The van der Waals surface area contributed by atoms with Crippen LogP contribution in [0.25, 0.3) is 0 Å². The van der Waals surface area contributed by atoms with Gasteiger partial charge < -0.3 is 4.74 Å². The van der Waals surface area contributed by atoms with Gasteiger partial charge in [0.05, 0.1) is 0 Å². The van der Waals surface area contributed by atoms with Crippen LogP contribution in [-0.4, -0.2) is 16.1 Å². The number of rotatable bonds is 4. The maximum Gasteiger partial charge on any atom is 0.159 e. The molecule has 0 atom stereocenters. The van der Waals surface area contributed by atoms with Crippen LogP contribution in [0, 0.1) is 6.92 Å². The summed E-state index contributed by atoms with van der Waals surface area (Å²) in [7, 11) is 0. The fourth-order valence-electron chi connectivity index (χ4n) is 1.34. The maximum atomic E-state index is 11.2. The standard InChI is InChI=1S/C12H12N2O3/c1-8-12(14-17-13-8)7-16-11-5-3-4-10(6-11)9(2)15/h3-6H,7H2,1-2H3. The summed E-state index contributed by atoms with van der Waals surface area (Å²) in [5.74, 6) is 0.634. The fourth-order valence-corrected chi connectivity index (χ4v) is 1.34. The molecule has 0 amide bonds. The van der Waals surface area contributed by atoms with E-state index in [4.69, 9.17) is 4.74 Å². The summed E-state index contributed by atoms with van der Waals surface area (Å²) in [6.45, 7) is 3.59. The van der Waals surface area contributed by atoms with Crippen LogP contribution in [0.15, 0.2) is 28.9 Å². The van der Waals surface area contributed by atoms with Crippen molar-refractivity contribution in [3.05, 3.63) is 41.2 Å². The molecule has 0 unspecified atom stereocenters. The first-order valence-corrected chi connectivity index (χ1v) is 5.18. The van der Waals surface area contributed by atoms with Crippen LogP contribution < -0.4 is 4.74 Å². The van der Waals surface area contributed by atoms with Gasteiger partial charge in [-0.3, -0.25) is 4.79 Å². The normalized spacial score (nSPS) is 10.2. The van der Waals surface area contributed by atoms with Crippen molar-refractivity contribution >= 4 is 5.78 Å². The second kappa shape index (κ2) is 4.78. The van der Waals surface area contributed by atoms with Gasteiger partial charge in [-0.05, 0) is 26.0 Å². The molecule has 0 aliphatic carbocycles. The first-order valence-electron chi connectivity index (χ1n) is 5.18. The molecular formula is C12H12N2O3. The SMILES string of the molecule is CC(=O)c1cccc(OCc2nonc2C)c1. The van der Waals surface area contributed by atoms with Gasteiger partial charge in [-0.15, -0.1) is 0 Å². The Kier molecular flexibility index (Phi) is 3.18. The van der Waals surface area contributed by atoms with Gasteiger partial charge in [0.15, 0.2) is 5.78 Å². The fraction of sp³-hybridized carbons (Fsp3) is 0.250. The second-order valence-corrected chi connectivity index (χ2v) is 3.67. The zero-order valence-corrected chi connectivity index (χ0v) is 9.64. The van der Waals surface area contributed by atoms with Crippen molar-refractivity contribution < 1.29 is 14.2 Å². The molecule has 0 aliphatic heterocycles. The Hall–Kier alpha value is -2.17. The Morgan fingerprint density at radius 3 is 2.88 bits per heavy atom. The van der Waals surface area contributed by atoms with Crippen molar-refractivity contribution in [2.75, 3.05) is 0 Å². The van der Waals surface area contributed by atoms with Crippen LogP contribution >= 0.6 is 0 Å². The minimum Gasteiger partial charge on any atom is -0.487 e. The van der Waals surface area contributed by atoms with Gasteiger partial charge in [-0.2, -0.15) is 0 Å². The highest BCUT2D eigenvalue weighted by atomic mass is 16.6. The molecule has 17 heavy (non-hydrogen) atoms. The first-order chi connectivity index (χ1) is 8.16. The van der Waals surface area contributed by atoms with Crippen molar-refractivity contribution in [2.45, 2.75) is 20.5 Å². The Morgan fingerprint density at radius 2 is 2.24 bits per heavy atom. The van der Waals surface area contributed by atoms with Gasteiger partial charge in [-0.25, -0.2) is 4.63 Å². The molecule has 1 aromatic heterocycles. The topological polar surface area (TPSA) is 65.2 Å². The molecule has 0 aliphatic rings. The van der Waals surface area contributed by atoms with Gasteiger partial charge in [0, 0.05) is 5.56 Å². The van der Waals surface area contributed by atoms with Crippen LogP contribution in [0.4, 0.5) is 0 Å². The number of hydrogen-bond donors (Lipinski definition) is 0. The van der Waals surface area contributed by atoms with E-state index in [1.807, 2.05) is 0 Å². The Morgan fingerprint density at radius 1 is 1.41 bits per heavy atom. The lowest BCUT2D eigenvalue weighted by Crippen LogP contribution is -1.99. The molecule has 0 bridgehead atoms. The number of ether oxygens (including phenoxy) is 1. The molecular weight excluding hydrogens is 220 g/mol. The molecule has 0 spiro atoms. The number of benzene rings is 1. The van der Waals surface area contributed by atoms with Crippen molar-refractivity contribution in [3.63, 3.8) is 0 Å². The van der Waals surface area contributed by atoms with E-state index in [2.05, 4.69) is 14.9 Å². The van der Waals surface area contributed by atoms with Crippen LogP contribution in [0.2, 0.25) is 0 Å². The number of aromatic nitrogens is 2. The highest BCUT2D eigenvalue weighted by Gasteiger charge is 2.06. The molecule has 2 aromatic rings. The third kappa shape index (κ3) is 2.69. The predicted molar refractivity (Wildman–Crippen MR) is 59.8 cm³/mol. The van der Waals surface area contributed by atoms with Gasteiger partial charge >= 0.3 is 0 Å². The predicted octanol–water partition coefficient (Wildman–Crippen LogP) is 2.16.